The maximum Gasteiger partial charge on any atom is 0.159 e. The van der Waals surface area contributed by atoms with Gasteiger partial charge in [0, 0.05) is 18.0 Å². The maximum absolute atomic E-state index is 4.32. The molecule has 0 radical (unpaired) electrons. The molecular formula is C15H18N2. The van der Waals surface area contributed by atoms with Gasteiger partial charge in [-0.05, 0) is 29.5 Å². The molecule has 0 atom stereocenters. The molecule has 0 unspecified atom stereocenters. The van der Waals surface area contributed by atoms with E-state index in [4.69, 9.17) is 0 Å². The highest BCUT2D eigenvalue weighted by Crippen LogP contribution is 2.30. The molecule has 2 rings (SSSR count). The van der Waals surface area contributed by atoms with Gasteiger partial charge in [-0.15, -0.1) is 0 Å². The highest BCUT2D eigenvalue weighted by atomic mass is 14.8. The van der Waals surface area contributed by atoms with Crippen LogP contribution in [0.2, 0.25) is 0 Å². The van der Waals surface area contributed by atoms with Crippen molar-refractivity contribution in [2.24, 2.45) is 0 Å². The number of nitrogens with zero attached hydrogens (tertiary/aromatic N) is 2. The number of hydrogen-bond acceptors (Lipinski definition) is 2. The lowest BCUT2D eigenvalue weighted by molar-refractivity contribution is 0.586. The van der Waals surface area contributed by atoms with Gasteiger partial charge in [0.25, 0.3) is 0 Å². The van der Waals surface area contributed by atoms with E-state index >= 15 is 0 Å². The second-order valence-electron chi connectivity index (χ2n) is 5.30. The van der Waals surface area contributed by atoms with Gasteiger partial charge in [-0.1, -0.05) is 39.0 Å². The molecule has 0 saturated carbocycles. The molecule has 2 aromatic rings. The SMILES string of the molecule is Cc1c(-c2ncccn2)cccc1C(C)(C)C. The van der Waals surface area contributed by atoms with Gasteiger partial charge in [-0.3, -0.25) is 0 Å². The Labute approximate surface area is 103 Å². The first-order valence-electron chi connectivity index (χ1n) is 5.87. The Balaban J connectivity index is 2.58. The Hall–Kier alpha value is -1.70. The van der Waals surface area contributed by atoms with Crippen LogP contribution in [-0.2, 0) is 5.41 Å². The summed E-state index contributed by atoms with van der Waals surface area (Å²) in [5.74, 6) is 0.802. The van der Waals surface area contributed by atoms with Crippen molar-refractivity contribution in [1.29, 1.82) is 0 Å². The summed E-state index contributed by atoms with van der Waals surface area (Å²) in [6, 6.07) is 8.19. The summed E-state index contributed by atoms with van der Waals surface area (Å²) in [4.78, 5) is 8.64. The quantitative estimate of drug-likeness (QED) is 0.740. The van der Waals surface area contributed by atoms with Crippen LogP contribution in [0.25, 0.3) is 11.4 Å². The van der Waals surface area contributed by atoms with E-state index < -0.39 is 0 Å². The standard InChI is InChI=1S/C15H18N2/c1-11-12(14-16-9-6-10-17-14)7-5-8-13(11)15(2,3)4/h5-10H,1-4H3. The van der Waals surface area contributed by atoms with E-state index in [0.717, 1.165) is 11.4 Å². The lowest BCUT2D eigenvalue weighted by Gasteiger charge is -2.23. The van der Waals surface area contributed by atoms with Crippen molar-refractivity contribution < 1.29 is 0 Å². The van der Waals surface area contributed by atoms with E-state index in [2.05, 4.69) is 55.9 Å². The van der Waals surface area contributed by atoms with Crippen LogP contribution in [0.5, 0.6) is 0 Å². The van der Waals surface area contributed by atoms with Crippen molar-refractivity contribution in [2.45, 2.75) is 33.1 Å². The summed E-state index contributed by atoms with van der Waals surface area (Å²) in [6.07, 6.45) is 3.57. The van der Waals surface area contributed by atoms with Crippen LogP contribution in [0, 0.1) is 6.92 Å². The zero-order chi connectivity index (χ0) is 12.5. The summed E-state index contributed by atoms with van der Waals surface area (Å²) < 4.78 is 0. The van der Waals surface area contributed by atoms with Gasteiger partial charge in [-0.2, -0.15) is 0 Å². The highest BCUT2D eigenvalue weighted by Gasteiger charge is 2.18. The fourth-order valence-electron chi connectivity index (χ4n) is 2.13. The van der Waals surface area contributed by atoms with Crippen LogP contribution in [0.4, 0.5) is 0 Å². The molecule has 2 heteroatoms. The van der Waals surface area contributed by atoms with Crippen LogP contribution < -0.4 is 0 Å². The second-order valence-corrected chi connectivity index (χ2v) is 5.30. The van der Waals surface area contributed by atoms with E-state index in [9.17, 15) is 0 Å². The van der Waals surface area contributed by atoms with Gasteiger partial charge in [0.05, 0.1) is 0 Å². The smallest absolute Gasteiger partial charge is 0.159 e. The predicted molar refractivity (Wildman–Crippen MR) is 70.9 cm³/mol. The molecule has 0 fully saturated rings. The molecule has 0 aliphatic heterocycles. The minimum absolute atomic E-state index is 0.148. The highest BCUT2D eigenvalue weighted by molar-refractivity contribution is 5.62. The molecule has 0 spiro atoms. The fourth-order valence-corrected chi connectivity index (χ4v) is 2.13. The predicted octanol–water partition coefficient (Wildman–Crippen LogP) is 3.75. The lowest BCUT2D eigenvalue weighted by Crippen LogP contribution is -2.13. The molecule has 2 nitrogen and oxygen atoms in total. The maximum atomic E-state index is 4.32. The molecule has 88 valence electrons. The third-order valence-electron chi connectivity index (χ3n) is 2.95. The molecule has 1 aromatic heterocycles. The molecule has 1 aromatic carbocycles. The molecule has 0 amide bonds. The van der Waals surface area contributed by atoms with Crippen molar-refractivity contribution in [2.75, 3.05) is 0 Å². The first kappa shape index (κ1) is 11.8. The molecule has 0 bridgehead atoms. The number of rotatable bonds is 1. The molecular weight excluding hydrogens is 208 g/mol. The normalized spacial score (nSPS) is 11.5. The minimum Gasteiger partial charge on any atom is -0.237 e. The van der Waals surface area contributed by atoms with E-state index in [-0.39, 0.29) is 5.41 Å². The van der Waals surface area contributed by atoms with Crippen molar-refractivity contribution in [3.63, 3.8) is 0 Å². The minimum atomic E-state index is 0.148. The zero-order valence-corrected chi connectivity index (χ0v) is 10.9. The average Bonchev–Trinajstić information content (AvgIpc) is 2.29. The van der Waals surface area contributed by atoms with Crippen LogP contribution in [0.1, 0.15) is 31.9 Å². The molecule has 17 heavy (non-hydrogen) atoms. The zero-order valence-electron chi connectivity index (χ0n) is 10.9. The van der Waals surface area contributed by atoms with Crippen LogP contribution in [0.15, 0.2) is 36.7 Å². The van der Waals surface area contributed by atoms with Crippen LogP contribution in [0.3, 0.4) is 0 Å². The molecule has 0 N–H and O–H groups in total. The van der Waals surface area contributed by atoms with Gasteiger partial charge >= 0.3 is 0 Å². The third-order valence-corrected chi connectivity index (χ3v) is 2.95. The summed E-state index contributed by atoms with van der Waals surface area (Å²) in [5, 5.41) is 0. The van der Waals surface area contributed by atoms with Gasteiger partial charge in [0.2, 0.25) is 0 Å². The summed E-state index contributed by atoms with van der Waals surface area (Å²) in [5.41, 5.74) is 3.89. The van der Waals surface area contributed by atoms with E-state index in [1.54, 1.807) is 12.4 Å². The van der Waals surface area contributed by atoms with Crippen LogP contribution >= 0.6 is 0 Å². The summed E-state index contributed by atoms with van der Waals surface area (Å²) in [7, 11) is 0. The Morgan fingerprint density at radius 3 is 2.18 bits per heavy atom. The molecule has 0 aliphatic carbocycles. The topological polar surface area (TPSA) is 25.8 Å². The monoisotopic (exact) mass is 226 g/mol. The third kappa shape index (κ3) is 2.36. The Kier molecular flexibility index (Phi) is 2.97. The number of hydrogen-bond donors (Lipinski definition) is 0. The first-order valence-corrected chi connectivity index (χ1v) is 5.87. The van der Waals surface area contributed by atoms with Gasteiger partial charge < -0.3 is 0 Å². The van der Waals surface area contributed by atoms with Crippen molar-refractivity contribution in [3.8, 4) is 11.4 Å². The first-order chi connectivity index (χ1) is 8.00. The largest absolute Gasteiger partial charge is 0.237 e. The Morgan fingerprint density at radius 1 is 0.941 bits per heavy atom. The number of benzene rings is 1. The Bertz CT molecular complexity index is 510. The molecule has 1 heterocycles. The van der Waals surface area contributed by atoms with E-state index in [1.165, 1.54) is 11.1 Å². The van der Waals surface area contributed by atoms with Crippen molar-refractivity contribution in [1.82, 2.24) is 9.97 Å². The Morgan fingerprint density at radius 2 is 1.59 bits per heavy atom. The van der Waals surface area contributed by atoms with E-state index in [1.807, 2.05) is 6.07 Å². The van der Waals surface area contributed by atoms with Crippen molar-refractivity contribution >= 4 is 0 Å². The number of aromatic nitrogens is 2. The molecule has 0 saturated heterocycles. The van der Waals surface area contributed by atoms with Gasteiger partial charge in [-0.25, -0.2) is 9.97 Å². The lowest BCUT2D eigenvalue weighted by atomic mass is 9.82. The summed E-state index contributed by atoms with van der Waals surface area (Å²) in [6.45, 7) is 8.83. The van der Waals surface area contributed by atoms with E-state index in [0.29, 0.717) is 0 Å². The van der Waals surface area contributed by atoms with Crippen molar-refractivity contribution in [3.05, 3.63) is 47.8 Å². The van der Waals surface area contributed by atoms with Gasteiger partial charge in [0.1, 0.15) is 0 Å². The molecule has 0 aliphatic rings. The summed E-state index contributed by atoms with van der Waals surface area (Å²) >= 11 is 0. The second kappa shape index (κ2) is 4.28. The fraction of sp³-hybridized carbons (Fsp3) is 0.333. The van der Waals surface area contributed by atoms with Gasteiger partial charge in [0.15, 0.2) is 5.82 Å². The average molecular weight is 226 g/mol. The van der Waals surface area contributed by atoms with Crippen LogP contribution in [-0.4, -0.2) is 9.97 Å².